The molecule has 0 aliphatic rings. The Hall–Kier alpha value is -1.71. The Balaban J connectivity index is 1.95. The number of esters is 1. The van der Waals surface area contributed by atoms with E-state index >= 15 is 0 Å². The maximum absolute atomic E-state index is 11.9. The zero-order chi connectivity index (χ0) is 18.3. The molecule has 0 heterocycles. The first-order chi connectivity index (χ1) is 12.2. The summed E-state index contributed by atoms with van der Waals surface area (Å²) in [6.45, 7) is 2.65. The van der Waals surface area contributed by atoms with Crippen molar-refractivity contribution in [1.29, 1.82) is 0 Å². The minimum absolute atomic E-state index is 0.138. The molecular formula is C21H35NO3. The van der Waals surface area contributed by atoms with Gasteiger partial charge in [0.15, 0.2) is 5.75 Å². The number of carbonyl (C=O) groups excluding carboxylic acids is 1. The van der Waals surface area contributed by atoms with Gasteiger partial charge in [-0.1, -0.05) is 83.6 Å². The molecule has 25 heavy (non-hydrogen) atoms. The first kappa shape index (κ1) is 21.3. The van der Waals surface area contributed by atoms with Gasteiger partial charge in [-0.3, -0.25) is 0 Å². The SMILES string of the molecule is CCCCCCCCCCCCCCOC(=O)c1cccc(N)c1O. The summed E-state index contributed by atoms with van der Waals surface area (Å²) in [6.07, 6.45) is 15.3. The Morgan fingerprint density at radius 2 is 1.44 bits per heavy atom. The Morgan fingerprint density at radius 3 is 2.00 bits per heavy atom. The van der Waals surface area contributed by atoms with Gasteiger partial charge in [0.2, 0.25) is 0 Å². The van der Waals surface area contributed by atoms with E-state index in [0.29, 0.717) is 6.61 Å². The third-order valence-corrected chi connectivity index (χ3v) is 4.52. The Kier molecular flexibility index (Phi) is 11.6. The fourth-order valence-electron chi connectivity index (χ4n) is 2.91. The summed E-state index contributed by atoms with van der Waals surface area (Å²) >= 11 is 0. The number of nitrogen functional groups attached to an aromatic ring is 1. The quantitative estimate of drug-likeness (QED) is 0.192. The van der Waals surface area contributed by atoms with Gasteiger partial charge in [0, 0.05) is 0 Å². The van der Waals surface area contributed by atoms with Gasteiger partial charge in [-0.05, 0) is 18.6 Å². The number of phenolic OH excluding ortho intramolecular Hbond substituents is 1. The van der Waals surface area contributed by atoms with Crippen LogP contribution >= 0.6 is 0 Å². The molecular weight excluding hydrogens is 314 g/mol. The normalized spacial score (nSPS) is 10.8. The van der Waals surface area contributed by atoms with Crippen LogP contribution in [0.1, 0.15) is 94.3 Å². The molecule has 0 amide bonds. The standard InChI is InChI=1S/C21H35NO3/c1-2-3-4-5-6-7-8-9-10-11-12-13-17-25-21(24)18-15-14-16-19(22)20(18)23/h14-16,23H,2-13,17,22H2,1H3. The van der Waals surface area contributed by atoms with Crippen LogP contribution in [0.4, 0.5) is 5.69 Å². The van der Waals surface area contributed by atoms with Crippen molar-refractivity contribution in [1.82, 2.24) is 0 Å². The maximum Gasteiger partial charge on any atom is 0.341 e. The average Bonchev–Trinajstić information content (AvgIpc) is 2.61. The molecule has 0 aromatic heterocycles. The average molecular weight is 350 g/mol. The van der Waals surface area contributed by atoms with E-state index in [0.717, 1.165) is 12.8 Å². The van der Waals surface area contributed by atoms with Crippen LogP contribution in [0.25, 0.3) is 0 Å². The zero-order valence-corrected chi connectivity index (χ0v) is 15.8. The summed E-state index contributed by atoms with van der Waals surface area (Å²) in [5, 5.41) is 9.75. The number of rotatable bonds is 14. The molecule has 0 spiro atoms. The smallest absolute Gasteiger partial charge is 0.341 e. The van der Waals surface area contributed by atoms with Crippen LogP contribution in [-0.2, 0) is 4.74 Å². The van der Waals surface area contributed by atoms with Gasteiger partial charge in [0.25, 0.3) is 0 Å². The number of para-hydroxylation sites is 1. The Bertz CT molecular complexity index is 488. The van der Waals surface area contributed by atoms with E-state index in [-0.39, 0.29) is 17.0 Å². The van der Waals surface area contributed by atoms with Crippen molar-refractivity contribution >= 4 is 11.7 Å². The van der Waals surface area contributed by atoms with E-state index in [2.05, 4.69) is 6.92 Å². The second kappa shape index (κ2) is 13.6. The second-order valence-electron chi connectivity index (χ2n) is 6.77. The molecule has 0 bridgehead atoms. The number of unbranched alkanes of at least 4 members (excludes halogenated alkanes) is 11. The highest BCUT2D eigenvalue weighted by molar-refractivity contribution is 5.94. The summed E-state index contributed by atoms with van der Waals surface area (Å²) in [5.41, 5.74) is 5.91. The highest BCUT2D eigenvalue weighted by Crippen LogP contribution is 2.25. The van der Waals surface area contributed by atoms with Crippen molar-refractivity contribution in [2.45, 2.75) is 84.0 Å². The lowest BCUT2D eigenvalue weighted by atomic mass is 10.1. The molecule has 4 nitrogen and oxygen atoms in total. The van der Waals surface area contributed by atoms with Crippen molar-refractivity contribution in [2.24, 2.45) is 0 Å². The van der Waals surface area contributed by atoms with E-state index in [4.69, 9.17) is 10.5 Å². The molecule has 0 atom stereocenters. The van der Waals surface area contributed by atoms with Crippen molar-refractivity contribution < 1.29 is 14.6 Å². The lowest BCUT2D eigenvalue weighted by Crippen LogP contribution is -2.07. The highest BCUT2D eigenvalue weighted by atomic mass is 16.5. The van der Waals surface area contributed by atoms with E-state index in [1.54, 1.807) is 12.1 Å². The minimum Gasteiger partial charge on any atom is -0.505 e. The number of hydrogen-bond acceptors (Lipinski definition) is 4. The molecule has 0 saturated heterocycles. The van der Waals surface area contributed by atoms with E-state index < -0.39 is 5.97 Å². The highest BCUT2D eigenvalue weighted by Gasteiger charge is 2.13. The minimum atomic E-state index is -0.507. The second-order valence-corrected chi connectivity index (χ2v) is 6.77. The van der Waals surface area contributed by atoms with E-state index in [1.807, 2.05) is 0 Å². The molecule has 1 aromatic rings. The van der Waals surface area contributed by atoms with Crippen LogP contribution in [0.2, 0.25) is 0 Å². The van der Waals surface area contributed by atoms with Crippen molar-refractivity contribution in [3.05, 3.63) is 23.8 Å². The molecule has 0 saturated carbocycles. The van der Waals surface area contributed by atoms with Gasteiger partial charge in [-0.15, -0.1) is 0 Å². The van der Waals surface area contributed by atoms with Crippen LogP contribution in [0, 0.1) is 0 Å². The predicted octanol–water partition coefficient (Wildman–Crippen LogP) is 5.83. The van der Waals surface area contributed by atoms with Crippen molar-refractivity contribution in [3.63, 3.8) is 0 Å². The maximum atomic E-state index is 11.9. The fourth-order valence-corrected chi connectivity index (χ4v) is 2.91. The summed E-state index contributed by atoms with van der Waals surface area (Å²) in [6, 6.07) is 4.71. The van der Waals surface area contributed by atoms with Crippen molar-refractivity contribution in [2.75, 3.05) is 12.3 Å². The molecule has 3 N–H and O–H groups in total. The number of carbonyl (C=O) groups is 1. The van der Waals surface area contributed by atoms with E-state index in [1.165, 1.54) is 70.3 Å². The lowest BCUT2D eigenvalue weighted by molar-refractivity contribution is 0.0494. The first-order valence-electron chi connectivity index (χ1n) is 9.91. The summed E-state index contributed by atoms with van der Waals surface area (Å²) in [7, 11) is 0. The molecule has 1 rings (SSSR count). The van der Waals surface area contributed by atoms with Crippen molar-refractivity contribution in [3.8, 4) is 5.75 Å². The number of benzene rings is 1. The van der Waals surface area contributed by atoms with Crippen LogP contribution in [-0.4, -0.2) is 17.7 Å². The fraction of sp³-hybridized carbons (Fsp3) is 0.667. The van der Waals surface area contributed by atoms with Crippen LogP contribution in [0.5, 0.6) is 5.75 Å². The van der Waals surface area contributed by atoms with Gasteiger partial charge in [0.05, 0.1) is 12.3 Å². The number of ether oxygens (including phenoxy) is 1. The molecule has 142 valence electrons. The van der Waals surface area contributed by atoms with Gasteiger partial charge < -0.3 is 15.6 Å². The summed E-state index contributed by atoms with van der Waals surface area (Å²) < 4.78 is 5.20. The number of hydrogen-bond donors (Lipinski definition) is 2. The van der Waals surface area contributed by atoms with Crippen LogP contribution in [0.15, 0.2) is 18.2 Å². The number of phenols is 1. The molecule has 0 unspecified atom stereocenters. The molecule has 0 radical (unpaired) electrons. The molecule has 4 heteroatoms. The molecule has 1 aromatic carbocycles. The van der Waals surface area contributed by atoms with Gasteiger partial charge >= 0.3 is 5.97 Å². The predicted molar refractivity (Wildman–Crippen MR) is 104 cm³/mol. The number of anilines is 1. The largest absolute Gasteiger partial charge is 0.505 e. The topological polar surface area (TPSA) is 72.5 Å². The third kappa shape index (κ3) is 9.37. The third-order valence-electron chi connectivity index (χ3n) is 4.52. The lowest BCUT2D eigenvalue weighted by Gasteiger charge is -2.07. The van der Waals surface area contributed by atoms with Gasteiger partial charge in [-0.2, -0.15) is 0 Å². The number of nitrogens with two attached hydrogens (primary N) is 1. The van der Waals surface area contributed by atoms with Gasteiger partial charge in [-0.25, -0.2) is 4.79 Å². The molecule has 0 aliphatic heterocycles. The number of aromatic hydroxyl groups is 1. The van der Waals surface area contributed by atoms with E-state index in [9.17, 15) is 9.90 Å². The Labute approximate surface area is 152 Å². The van der Waals surface area contributed by atoms with Crippen LogP contribution in [0.3, 0.4) is 0 Å². The zero-order valence-electron chi connectivity index (χ0n) is 15.8. The van der Waals surface area contributed by atoms with Gasteiger partial charge in [0.1, 0.15) is 5.56 Å². The molecule has 0 aliphatic carbocycles. The molecule has 0 fully saturated rings. The van der Waals surface area contributed by atoms with Crippen LogP contribution < -0.4 is 5.73 Å². The summed E-state index contributed by atoms with van der Waals surface area (Å²) in [4.78, 5) is 11.9. The summed E-state index contributed by atoms with van der Waals surface area (Å²) in [5.74, 6) is -0.699. The monoisotopic (exact) mass is 349 g/mol. The first-order valence-corrected chi connectivity index (χ1v) is 9.91. The Morgan fingerprint density at radius 1 is 0.920 bits per heavy atom.